The number of carbonyl (C=O) groups is 2. The summed E-state index contributed by atoms with van der Waals surface area (Å²) in [6, 6.07) is 13.9. The van der Waals surface area contributed by atoms with Gasteiger partial charge in [-0.15, -0.1) is 0 Å². The van der Waals surface area contributed by atoms with E-state index in [0.717, 1.165) is 11.1 Å². The summed E-state index contributed by atoms with van der Waals surface area (Å²) in [6.07, 6.45) is 2.93. The first kappa shape index (κ1) is 20.6. The minimum absolute atomic E-state index is 0.313. The highest BCUT2D eigenvalue weighted by molar-refractivity contribution is 6.30. The van der Waals surface area contributed by atoms with Crippen LogP contribution in [0.3, 0.4) is 0 Å². The molecule has 0 heterocycles. The van der Waals surface area contributed by atoms with Crippen molar-refractivity contribution in [2.75, 3.05) is 13.2 Å². The SMILES string of the molecule is O=C(COCC(=O)N/N=C/c1ccc(Cl)cc1)N/N=C\c1ccc(Cl)cc1. The Morgan fingerprint density at radius 3 is 1.52 bits per heavy atom. The Morgan fingerprint density at radius 2 is 1.15 bits per heavy atom. The number of ether oxygens (including phenoxy) is 1. The Kier molecular flexibility index (Phi) is 8.44. The summed E-state index contributed by atoms with van der Waals surface area (Å²) in [5, 5.41) is 8.78. The number of hydrogen-bond acceptors (Lipinski definition) is 5. The van der Waals surface area contributed by atoms with Gasteiger partial charge in [-0.1, -0.05) is 47.5 Å². The Bertz CT molecular complexity index is 752. The number of nitrogens with zero attached hydrogens (tertiary/aromatic N) is 2. The summed E-state index contributed by atoms with van der Waals surface area (Å²) in [5.41, 5.74) is 6.13. The number of nitrogens with one attached hydrogen (secondary N) is 2. The van der Waals surface area contributed by atoms with E-state index in [4.69, 9.17) is 27.9 Å². The minimum Gasteiger partial charge on any atom is -0.362 e. The lowest BCUT2D eigenvalue weighted by molar-refractivity contribution is -0.130. The number of benzene rings is 2. The molecule has 0 aliphatic heterocycles. The van der Waals surface area contributed by atoms with Crippen molar-refractivity contribution in [1.82, 2.24) is 10.9 Å². The van der Waals surface area contributed by atoms with Gasteiger partial charge in [-0.25, -0.2) is 10.9 Å². The normalized spacial score (nSPS) is 11.0. The molecule has 2 rings (SSSR count). The third-order valence-electron chi connectivity index (χ3n) is 3.01. The van der Waals surface area contributed by atoms with E-state index in [1.807, 2.05) is 0 Å². The molecule has 140 valence electrons. The van der Waals surface area contributed by atoms with E-state index in [-0.39, 0.29) is 13.2 Å². The molecule has 0 atom stereocenters. The fraction of sp³-hybridized carbons (Fsp3) is 0.111. The largest absolute Gasteiger partial charge is 0.362 e. The summed E-state index contributed by atoms with van der Waals surface area (Å²) in [7, 11) is 0. The smallest absolute Gasteiger partial charge is 0.266 e. The number of hydrogen-bond donors (Lipinski definition) is 2. The third kappa shape index (κ3) is 8.46. The molecule has 0 saturated heterocycles. The zero-order valence-corrected chi connectivity index (χ0v) is 15.6. The van der Waals surface area contributed by atoms with Gasteiger partial charge < -0.3 is 4.74 Å². The van der Waals surface area contributed by atoms with Crippen LogP contribution in [0.4, 0.5) is 0 Å². The van der Waals surface area contributed by atoms with E-state index in [0.29, 0.717) is 10.0 Å². The summed E-state index contributed by atoms with van der Waals surface area (Å²) < 4.78 is 4.99. The Balaban J connectivity index is 1.61. The highest BCUT2D eigenvalue weighted by Gasteiger charge is 2.03. The van der Waals surface area contributed by atoms with E-state index in [1.54, 1.807) is 48.5 Å². The van der Waals surface area contributed by atoms with Crippen LogP contribution in [0.15, 0.2) is 58.7 Å². The maximum absolute atomic E-state index is 11.6. The summed E-state index contributed by atoms with van der Waals surface area (Å²) >= 11 is 11.5. The first-order valence-corrected chi connectivity index (χ1v) is 8.51. The average Bonchev–Trinajstić information content (AvgIpc) is 2.65. The van der Waals surface area contributed by atoms with Crippen LogP contribution in [0.25, 0.3) is 0 Å². The van der Waals surface area contributed by atoms with Crippen LogP contribution < -0.4 is 10.9 Å². The zero-order valence-electron chi connectivity index (χ0n) is 14.1. The van der Waals surface area contributed by atoms with Gasteiger partial charge in [0.25, 0.3) is 11.8 Å². The zero-order chi connectivity index (χ0) is 19.5. The average molecular weight is 407 g/mol. The molecule has 0 fully saturated rings. The molecular formula is C18H16Cl2N4O3. The molecule has 2 N–H and O–H groups in total. The van der Waals surface area contributed by atoms with Gasteiger partial charge in [-0.3, -0.25) is 9.59 Å². The monoisotopic (exact) mass is 406 g/mol. The van der Waals surface area contributed by atoms with Crippen molar-refractivity contribution in [2.24, 2.45) is 10.2 Å². The molecule has 0 aromatic heterocycles. The topological polar surface area (TPSA) is 92.2 Å². The molecule has 0 spiro atoms. The predicted molar refractivity (Wildman–Crippen MR) is 105 cm³/mol. The molecular weight excluding hydrogens is 391 g/mol. The minimum atomic E-state index is -0.488. The molecule has 2 aromatic carbocycles. The second-order valence-corrected chi connectivity index (χ2v) is 6.06. The molecule has 0 aliphatic carbocycles. The second kappa shape index (κ2) is 11.1. The lowest BCUT2D eigenvalue weighted by Crippen LogP contribution is -2.28. The van der Waals surface area contributed by atoms with Crippen molar-refractivity contribution in [3.8, 4) is 0 Å². The van der Waals surface area contributed by atoms with Crippen LogP contribution in [-0.4, -0.2) is 37.5 Å². The summed E-state index contributed by atoms with van der Waals surface area (Å²) in [5.74, 6) is -0.977. The van der Waals surface area contributed by atoms with Crippen LogP contribution in [0.2, 0.25) is 10.0 Å². The quantitative estimate of drug-likeness (QED) is 0.521. The molecule has 0 unspecified atom stereocenters. The fourth-order valence-electron chi connectivity index (χ4n) is 1.76. The molecule has 7 nitrogen and oxygen atoms in total. The van der Waals surface area contributed by atoms with Gasteiger partial charge in [-0.2, -0.15) is 10.2 Å². The molecule has 9 heteroatoms. The highest BCUT2D eigenvalue weighted by Crippen LogP contribution is 2.08. The molecule has 27 heavy (non-hydrogen) atoms. The Labute approximate surface area is 166 Å². The van der Waals surface area contributed by atoms with E-state index < -0.39 is 11.8 Å². The van der Waals surface area contributed by atoms with Gasteiger partial charge >= 0.3 is 0 Å². The van der Waals surface area contributed by atoms with Crippen molar-refractivity contribution in [3.05, 3.63) is 69.7 Å². The van der Waals surface area contributed by atoms with Crippen molar-refractivity contribution in [1.29, 1.82) is 0 Å². The number of halogens is 2. The van der Waals surface area contributed by atoms with Crippen molar-refractivity contribution in [3.63, 3.8) is 0 Å². The van der Waals surface area contributed by atoms with Gasteiger partial charge in [0.1, 0.15) is 13.2 Å². The van der Waals surface area contributed by atoms with Gasteiger partial charge in [0.05, 0.1) is 12.4 Å². The van der Waals surface area contributed by atoms with Crippen molar-refractivity contribution in [2.45, 2.75) is 0 Å². The Hall–Kier alpha value is -2.74. The Morgan fingerprint density at radius 1 is 0.778 bits per heavy atom. The summed E-state index contributed by atoms with van der Waals surface area (Å²) in [4.78, 5) is 23.1. The molecule has 0 aliphatic rings. The van der Waals surface area contributed by atoms with Crippen molar-refractivity contribution >= 4 is 47.4 Å². The van der Waals surface area contributed by atoms with Crippen LogP contribution >= 0.6 is 23.2 Å². The third-order valence-corrected chi connectivity index (χ3v) is 3.52. The van der Waals surface area contributed by atoms with Crippen LogP contribution in [0.1, 0.15) is 11.1 Å². The predicted octanol–water partition coefficient (Wildman–Crippen LogP) is 2.61. The second-order valence-electron chi connectivity index (χ2n) is 5.18. The molecule has 0 radical (unpaired) electrons. The van der Waals surface area contributed by atoms with Crippen LogP contribution in [0, 0.1) is 0 Å². The van der Waals surface area contributed by atoms with Gasteiger partial charge in [0.15, 0.2) is 0 Å². The lowest BCUT2D eigenvalue weighted by atomic mass is 10.2. The first-order chi connectivity index (χ1) is 13.0. The standard InChI is InChI=1S/C18H16Cl2N4O3/c19-15-5-1-13(2-6-15)9-21-23-17(25)11-27-12-18(26)24-22-10-14-3-7-16(20)8-4-14/h1-10H,11-12H2,(H,23,25)(H,24,26)/b21-9-,22-10+. The van der Waals surface area contributed by atoms with E-state index in [1.165, 1.54) is 12.4 Å². The molecule has 2 amide bonds. The number of amides is 2. The van der Waals surface area contributed by atoms with Crippen molar-refractivity contribution < 1.29 is 14.3 Å². The van der Waals surface area contributed by atoms with Crippen LogP contribution in [-0.2, 0) is 14.3 Å². The van der Waals surface area contributed by atoms with E-state index in [2.05, 4.69) is 21.1 Å². The van der Waals surface area contributed by atoms with Gasteiger partial charge in [0.2, 0.25) is 0 Å². The maximum atomic E-state index is 11.6. The summed E-state index contributed by atoms with van der Waals surface area (Å²) in [6.45, 7) is -0.626. The highest BCUT2D eigenvalue weighted by atomic mass is 35.5. The molecule has 0 bridgehead atoms. The fourth-order valence-corrected chi connectivity index (χ4v) is 2.01. The maximum Gasteiger partial charge on any atom is 0.266 e. The van der Waals surface area contributed by atoms with E-state index in [9.17, 15) is 9.59 Å². The van der Waals surface area contributed by atoms with Crippen LogP contribution in [0.5, 0.6) is 0 Å². The van der Waals surface area contributed by atoms with E-state index >= 15 is 0 Å². The van der Waals surface area contributed by atoms with Gasteiger partial charge in [-0.05, 0) is 35.4 Å². The molecule has 2 aromatic rings. The number of carbonyl (C=O) groups excluding carboxylic acids is 2. The number of rotatable bonds is 8. The number of hydrazone groups is 2. The van der Waals surface area contributed by atoms with Gasteiger partial charge in [0, 0.05) is 10.0 Å². The molecule has 0 saturated carbocycles. The first-order valence-electron chi connectivity index (χ1n) is 7.75. The lowest BCUT2D eigenvalue weighted by Gasteiger charge is -2.02.